The van der Waals surface area contributed by atoms with Gasteiger partial charge in [0.1, 0.15) is 11.5 Å². The van der Waals surface area contributed by atoms with E-state index in [1.54, 1.807) is 0 Å². The number of fused-ring (bicyclic) bond motifs is 2. The summed E-state index contributed by atoms with van der Waals surface area (Å²) in [7, 11) is 8.29. The van der Waals surface area contributed by atoms with Gasteiger partial charge in [0, 0.05) is 72.3 Å². The SMILES string of the molecule is C#CCN(C)Cc1cc2cc(OCCCBr)ccc2n1C.C#CCN(C)Cc1cc2cc(OCCCN3CCC(Cc4ccccc4)CC3)ccc2n1C.O=CO[O-].[H-].[K+].[K+].c1ccc(CC2CCNCC2)cc1. The number of likely N-dealkylation sites (tertiary alicyclic amines) is 1. The molecule has 6 aromatic rings. The third kappa shape index (κ3) is 23.5. The number of aryl methyl sites for hydroxylation is 2. The van der Waals surface area contributed by atoms with Gasteiger partial charge in [-0.05, 0) is 163 Å². The quantitative estimate of drug-likeness (QED) is 0.0236. The summed E-state index contributed by atoms with van der Waals surface area (Å²) < 4.78 is 16.3. The van der Waals surface area contributed by atoms with E-state index in [9.17, 15) is 0 Å². The van der Waals surface area contributed by atoms with Crippen LogP contribution in [0, 0.1) is 36.5 Å². The molecule has 0 saturated carbocycles. The molecule has 382 valence electrons. The van der Waals surface area contributed by atoms with Gasteiger partial charge >= 0.3 is 103 Å². The van der Waals surface area contributed by atoms with Gasteiger partial charge in [0.05, 0.1) is 26.3 Å². The Hall–Kier alpha value is -2.30. The molecule has 11 nitrogen and oxygen atoms in total. The van der Waals surface area contributed by atoms with Crippen molar-refractivity contribution in [2.45, 2.75) is 64.5 Å². The largest absolute Gasteiger partial charge is 1.00 e. The summed E-state index contributed by atoms with van der Waals surface area (Å²) in [5.74, 6) is 9.00. The maximum atomic E-state index is 8.64. The zero-order valence-corrected chi connectivity index (χ0v) is 52.4. The minimum atomic E-state index is -0.181. The molecule has 2 fully saturated rings. The number of ether oxygens (including phenoxy) is 2. The van der Waals surface area contributed by atoms with E-state index < -0.39 is 0 Å². The number of halogens is 1. The van der Waals surface area contributed by atoms with Crippen LogP contribution in [0.15, 0.2) is 109 Å². The molecule has 0 bridgehead atoms. The Kier molecular flexibility index (Phi) is 33.4. The summed E-state index contributed by atoms with van der Waals surface area (Å²) in [5.41, 5.74) is 7.92. The summed E-state index contributed by atoms with van der Waals surface area (Å²) in [5, 5.41) is 15.2. The van der Waals surface area contributed by atoms with E-state index in [1.807, 2.05) is 13.1 Å². The zero-order valence-electron chi connectivity index (χ0n) is 45.6. The summed E-state index contributed by atoms with van der Waals surface area (Å²) in [6.45, 7) is 10.3. The molecule has 4 heterocycles. The summed E-state index contributed by atoms with van der Waals surface area (Å²) in [6, 6.07) is 38.9. The Bertz CT molecular complexity index is 2540. The molecule has 0 atom stereocenters. The monoisotopic (exact) mass is 1110 g/mol. The number of terminal acetylenes is 2. The van der Waals surface area contributed by atoms with Crippen molar-refractivity contribution < 1.29 is 129 Å². The van der Waals surface area contributed by atoms with Crippen LogP contribution >= 0.6 is 15.9 Å². The average molecular weight is 1110 g/mol. The number of piperidine rings is 2. The van der Waals surface area contributed by atoms with E-state index in [0.717, 1.165) is 74.4 Å². The predicted octanol–water partition coefficient (Wildman–Crippen LogP) is 3.16. The van der Waals surface area contributed by atoms with Gasteiger partial charge < -0.3 is 40.4 Å². The Labute approximate surface area is 531 Å². The van der Waals surface area contributed by atoms with Crippen LogP contribution in [0.4, 0.5) is 0 Å². The topological polar surface area (TPSA) is 99.4 Å². The molecule has 0 aliphatic carbocycles. The number of carbonyl (C=O) groups excluding carboxylic acids is 1. The molecular formula is C59H77BrK2N6O5. The van der Waals surface area contributed by atoms with Crippen molar-refractivity contribution in [2.24, 2.45) is 25.9 Å². The minimum absolute atomic E-state index is 0. The summed E-state index contributed by atoms with van der Waals surface area (Å²) in [4.78, 5) is 18.1. The second kappa shape index (κ2) is 37.5. The van der Waals surface area contributed by atoms with E-state index in [2.05, 4.69) is 186 Å². The van der Waals surface area contributed by atoms with Crippen LogP contribution in [0.1, 0.15) is 62.5 Å². The average Bonchev–Trinajstić information content (AvgIpc) is 3.87. The molecule has 2 aliphatic heterocycles. The van der Waals surface area contributed by atoms with Crippen molar-refractivity contribution in [1.82, 2.24) is 29.2 Å². The molecule has 0 radical (unpaired) electrons. The number of carbonyl (C=O) groups is 1. The number of hydrogen-bond donors (Lipinski definition) is 1. The summed E-state index contributed by atoms with van der Waals surface area (Å²) >= 11 is 3.41. The molecule has 4 aromatic carbocycles. The predicted molar refractivity (Wildman–Crippen MR) is 294 cm³/mol. The summed E-state index contributed by atoms with van der Waals surface area (Å²) in [6.07, 6.45) is 20.7. The molecule has 1 N–H and O–H groups in total. The van der Waals surface area contributed by atoms with Gasteiger partial charge in [0.2, 0.25) is 0 Å². The van der Waals surface area contributed by atoms with Crippen molar-refractivity contribution in [1.29, 1.82) is 0 Å². The van der Waals surface area contributed by atoms with Crippen molar-refractivity contribution in [2.75, 3.05) is 78.5 Å². The molecule has 14 heteroatoms. The number of nitrogens with one attached hydrogen (secondary N) is 1. The number of aromatic nitrogens is 2. The molecule has 8 rings (SSSR count). The molecule has 73 heavy (non-hydrogen) atoms. The van der Waals surface area contributed by atoms with E-state index in [4.69, 9.17) is 32.4 Å². The van der Waals surface area contributed by atoms with Crippen molar-refractivity contribution >= 4 is 44.2 Å². The van der Waals surface area contributed by atoms with Gasteiger partial charge in [-0.3, -0.25) is 14.6 Å². The Morgan fingerprint density at radius 3 is 1.56 bits per heavy atom. The van der Waals surface area contributed by atoms with E-state index >= 15 is 0 Å². The molecule has 0 amide bonds. The third-order valence-corrected chi connectivity index (χ3v) is 13.7. The van der Waals surface area contributed by atoms with Crippen LogP contribution in [0.25, 0.3) is 21.8 Å². The third-order valence-electron chi connectivity index (χ3n) is 13.2. The number of alkyl halides is 1. The van der Waals surface area contributed by atoms with Crippen molar-refractivity contribution in [3.63, 3.8) is 0 Å². The van der Waals surface area contributed by atoms with E-state index in [1.165, 1.54) is 109 Å². The maximum Gasteiger partial charge on any atom is 1.00 e. The fraction of sp³-hybridized carbons (Fsp3) is 0.441. The smallest absolute Gasteiger partial charge is 1.00 e. The van der Waals surface area contributed by atoms with E-state index in [-0.39, 0.29) is 111 Å². The minimum Gasteiger partial charge on any atom is -1.00 e. The fourth-order valence-corrected chi connectivity index (χ4v) is 9.58. The van der Waals surface area contributed by atoms with Crippen LogP contribution in [-0.4, -0.2) is 109 Å². The maximum absolute atomic E-state index is 8.64. The van der Waals surface area contributed by atoms with Gasteiger partial charge in [-0.2, -0.15) is 0 Å². The first-order valence-corrected chi connectivity index (χ1v) is 26.2. The second-order valence-electron chi connectivity index (χ2n) is 18.7. The van der Waals surface area contributed by atoms with Gasteiger partial charge in [-0.1, -0.05) is 88.4 Å². The Morgan fingerprint density at radius 2 is 1.14 bits per heavy atom. The van der Waals surface area contributed by atoms with E-state index in [0.29, 0.717) is 13.1 Å². The van der Waals surface area contributed by atoms with Gasteiger partial charge in [-0.25, -0.2) is 0 Å². The molecule has 2 saturated heterocycles. The zero-order chi connectivity index (χ0) is 50.6. The molecule has 2 aromatic heterocycles. The molecule has 2 aliphatic rings. The van der Waals surface area contributed by atoms with Crippen LogP contribution < -0.4 is 123 Å². The number of nitrogens with zero attached hydrogens (tertiary/aromatic N) is 5. The van der Waals surface area contributed by atoms with Crippen LogP contribution in [-0.2, 0) is 49.7 Å². The fourth-order valence-electron chi connectivity index (χ4n) is 9.35. The second-order valence-corrected chi connectivity index (χ2v) is 19.5. The number of benzene rings is 4. The van der Waals surface area contributed by atoms with Gasteiger partial charge in [0.25, 0.3) is 6.47 Å². The van der Waals surface area contributed by atoms with Crippen LogP contribution in [0.3, 0.4) is 0 Å². The first-order valence-electron chi connectivity index (χ1n) is 25.1. The molecule has 0 unspecified atom stereocenters. The first-order chi connectivity index (χ1) is 34.6. The van der Waals surface area contributed by atoms with Crippen molar-refractivity contribution in [3.8, 4) is 36.2 Å². The van der Waals surface area contributed by atoms with Gasteiger partial charge in [-0.15, -0.1) is 12.8 Å². The van der Waals surface area contributed by atoms with Crippen LogP contribution in [0.2, 0.25) is 0 Å². The first kappa shape index (κ1) is 65.0. The number of hydrogen-bond acceptors (Lipinski definition) is 9. The van der Waals surface area contributed by atoms with Crippen LogP contribution in [0.5, 0.6) is 11.5 Å². The normalized spacial score (nSPS) is 13.7. The molecule has 0 spiro atoms. The molecular weight excluding hydrogens is 1030 g/mol. The standard InChI is InChI=1S/C29H37N3O.C17H21BrN2O.C12H17N.CH2O3.2K.H/c1-4-15-30(2)23-27-21-26-22-28(11-12-29(26)31(27)3)33-19-8-16-32-17-13-25(14-18-32)20-24-9-6-5-7-10-24;1-4-9-19(2)13-15-11-14-12-16(21-10-5-8-18)6-7-17(14)20(15)3;1-2-4-11(5-3-1)10-12-6-8-13-9-7-12;2-1-4-3;;;/h1,5-7,9-12,21-22,25H,8,13-20,23H2,2-3H3;1,6-7,11-12H,5,8-10,13H2,2-3H3;1-5,12-13H,6-10H2;1,3H;;;/q;;;;2*+1;-1/p-1. The number of rotatable bonds is 20. The Balaban J connectivity index is 0.000000391. The van der Waals surface area contributed by atoms with Gasteiger partial charge in [0.15, 0.2) is 0 Å². The van der Waals surface area contributed by atoms with Crippen molar-refractivity contribution in [3.05, 3.63) is 132 Å². The Morgan fingerprint density at radius 1 is 0.699 bits per heavy atom.